The molecular formula is C25H28FN3O3. The molecule has 2 heterocycles. The van der Waals surface area contributed by atoms with E-state index in [9.17, 15) is 0 Å². The molecule has 32 heavy (non-hydrogen) atoms. The molecular weight excluding hydrogens is 409 g/mol. The van der Waals surface area contributed by atoms with Gasteiger partial charge in [-0.3, -0.25) is 4.99 Å². The van der Waals surface area contributed by atoms with Crippen molar-refractivity contribution in [2.24, 2.45) is 28.5 Å². The summed E-state index contributed by atoms with van der Waals surface area (Å²) in [4.78, 5) is 7.95. The lowest BCUT2D eigenvalue weighted by molar-refractivity contribution is 0.144. The number of hydrogen-bond donors (Lipinski definition) is 2. The van der Waals surface area contributed by atoms with E-state index in [4.69, 9.17) is 24.9 Å². The number of allylic oxidation sites excluding steroid dienone is 3. The zero-order valence-electron chi connectivity index (χ0n) is 18.4. The molecule has 4 aliphatic rings. The second-order valence-corrected chi connectivity index (χ2v) is 9.70. The third-order valence-electron chi connectivity index (χ3n) is 7.38. The Morgan fingerprint density at radius 3 is 2.88 bits per heavy atom. The second kappa shape index (κ2) is 7.10. The minimum atomic E-state index is -0.338. The highest BCUT2D eigenvalue weighted by Crippen LogP contribution is 2.60. The Balaban J connectivity index is 1.24. The van der Waals surface area contributed by atoms with E-state index in [0.29, 0.717) is 30.2 Å². The SMILES string of the molecule is COC1=C(OCC2(N)CC2)CC2N=CC=C(Oc3ccc4[nH]c(C)cc4c3F)C3C2[C@@H]3C1. The van der Waals surface area contributed by atoms with Crippen LogP contribution < -0.4 is 10.5 Å². The third-order valence-corrected chi connectivity index (χ3v) is 7.38. The summed E-state index contributed by atoms with van der Waals surface area (Å²) in [6.45, 7) is 2.44. The lowest BCUT2D eigenvalue weighted by Crippen LogP contribution is -2.28. The molecule has 6 nitrogen and oxygen atoms in total. The van der Waals surface area contributed by atoms with Crippen molar-refractivity contribution in [2.75, 3.05) is 13.7 Å². The molecule has 3 unspecified atom stereocenters. The van der Waals surface area contributed by atoms with Crippen LogP contribution in [-0.2, 0) is 9.47 Å². The number of nitrogens with one attached hydrogen (secondary N) is 1. The highest BCUT2D eigenvalue weighted by atomic mass is 19.1. The Kier molecular flexibility index (Phi) is 4.41. The van der Waals surface area contributed by atoms with Gasteiger partial charge in [0.1, 0.15) is 23.9 Å². The number of nitrogens with two attached hydrogens (primary N) is 1. The van der Waals surface area contributed by atoms with E-state index in [0.717, 1.165) is 47.8 Å². The highest BCUT2D eigenvalue weighted by molar-refractivity contribution is 5.83. The predicted molar refractivity (Wildman–Crippen MR) is 120 cm³/mol. The van der Waals surface area contributed by atoms with Crippen LogP contribution in [0, 0.1) is 30.5 Å². The van der Waals surface area contributed by atoms with Gasteiger partial charge in [0, 0.05) is 41.6 Å². The van der Waals surface area contributed by atoms with Crippen LogP contribution in [0.5, 0.6) is 5.75 Å². The summed E-state index contributed by atoms with van der Waals surface area (Å²) < 4.78 is 33.1. The number of hydrogen-bond acceptors (Lipinski definition) is 5. The summed E-state index contributed by atoms with van der Waals surface area (Å²) in [5, 5.41) is 0.547. The molecule has 2 fully saturated rings. The van der Waals surface area contributed by atoms with Gasteiger partial charge in [0.15, 0.2) is 11.6 Å². The van der Waals surface area contributed by atoms with Crippen molar-refractivity contribution >= 4 is 17.1 Å². The first-order valence-electron chi connectivity index (χ1n) is 11.3. The van der Waals surface area contributed by atoms with Crippen molar-refractivity contribution in [1.82, 2.24) is 4.98 Å². The minimum absolute atomic E-state index is 0.0950. The number of aromatic amines is 1. The van der Waals surface area contributed by atoms with Gasteiger partial charge in [0.25, 0.3) is 0 Å². The van der Waals surface area contributed by atoms with Crippen LogP contribution in [0.3, 0.4) is 0 Å². The Hall–Kier alpha value is -2.80. The number of methoxy groups -OCH3 is 1. The normalized spacial score (nSPS) is 29.7. The molecule has 4 atom stereocenters. The number of aryl methyl sites for hydroxylation is 1. The lowest BCUT2D eigenvalue weighted by Gasteiger charge is -2.19. The number of benzene rings is 1. The standard InChI is InChI=1S/C25H28FN3O3/c1-13-9-14-16(29-13)3-4-19(24(14)26)32-18-5-8-28-17-11-21(31-12-25(27)6-7-25)20(30-2)10-15-22(17)23(15)18/h3-5,8-9,15,17,22-23,29H,6-7,10-12,27H2,1-2H3/t15-,17?,22?,23?/m0/s1. The molecule has 168 valence electrons. The maximum atomic E-state index is 15.1. The first kappa shape index (κ1) is 19.9. The van der Waals surface area contributed by atoms with Gasteiger partial charge in [-0.15, -0.1) is 0 Å². The molecule has 6 rings (SSSR count). The quantitative estimate of drug-likeness (QED) is 0.704. The summed E-state index contributed by atoms with van der Waals surface area (Å²) >= 11 is 0. The second-order valence-electron chi connectivity index (χ2n) is 9.70. The van der Waals surface area contributed by atoms with Crippen LogP contribution in [0.2, 0.25) is 0 Å². The van der Waals surface area contributed by atoms with Crippen molar-refractivity contribution in [1.29, 1.82) is 0 Å². The monoisotopic (exact) mass is 437 g/mol. The molecule has 0 spiro atoms. The molecule has 1 aromatic heterocycles. The fourth-order valence-electron chi connectivity index (χ4n) is 5.32. The largest absolute Gasteiger partial charge is 0.498 e. The number of rotatable bonds is 6. The predicted octanol–water partition coefficient (Wildman–Crippen LogP) is 4.35. The maximum Gasteiger partial charge on any atom is 0.175 e. The van der Waals surface area contributed by atoms with E-state index in [1.54, 1.807) is 19.4 Å². The number of halogens is 1. The molecule has 2 saturated carbocycles. The molecule has 7 heteroatoms. The maximum absolute atomic E-state index is 15.1. The van der Waals surface area contributed by atoms with Crippen molar-refractivity contribution in [3.8, 4) is 5.75 Å². The van der Waals surface area contributed by atoms with E-state index in [1.807, 2.05) is 25.1 Å². The van der Waals surface area contributed by atoms with Crippen molar-refractivity contribution < 1.29 is 18.6 Å². The van der Waals surface area contributed by atoms with Gasteiger partial charge in [0.2, 0.25) is 0 Å². The van der Waals surface area contributed by atoms with Crippen molar-refractivity contribution in [2.45, 2.75) is 44.2 Å². The van der Waals surface area contributed by atoms with E-state index < -0.39 is 0 Å². The molecule has 3 N–H and O–H groups in total. The van der Waals surface area contributed by atoms with Gasteiger partial charge in [-0.2, -0.15) is 0 Å². The van der Waals surface area contributed by atoms with Crippen molar-refractivity contribution in [3.05, 3.63) is 53.1 Å². The number of nitrogens with zero attached hydrogens (tertiary/aromatic N) is 1. The molecule has 1 aromatic carbocycles. The highest BCUT2D eigenvalue weighted by Gasteiger charge is 2.59. The van der Waals surface area contributed by atoms with Gasteiger partial charge >= 0.3 is 0 Å². The summed E-state index contributed by atoms with van der Waals surface area (Å²) in [5.41, 5.74) is 7.73. The van der Waals surface area contributed by atoms with E-state index in [1.165, 1.54) is 0 Å². The lowest BCUT2D eigenvalue weighted by atomic mass is 10.1. The smallest absolute Gasteiger partial charge is 0.175 e. The minimum Gasteiger partial charge on any atom is -0.498 e. The average molecular weight is 438 g/mol. The van der Waals surface area contributed by atoms with Gasteiger partial charge < -0.3 is 24.9 Å². The van der Waals surface area contributed by atoms with E-state index in [-0.39, 0.29) is 29.1 Å². The van der Waals surface area contributed by atoms with E-state index in [2.05, 4.69) is 4.98 Å². The van der Waals surface area contributed by atoms with Crippen LogP contribution in [0.15, 0.2) is 46.5 Å². The zero-order valence-corrected chi connectivity index (χ0v) is 18.4. The molecule has 0 bridgehead atoms. The fraction of sp³-hybridized carbons (Fsp3) is 0.480. The number of fused-ring (bicyclic) bond motifs is 2. The molecule has 0 radical (unpaired) electrons. The molecule has 0 saturated heterocycles. The van der Waals surface area contributed by atoms with Gasteiger partial charge in [-0.25, -0.2) is 4.39 Å². The first-order valence-corrected chi connectivity index (χ1v) is 11.3. The third kappa shape index (κ3) is 3.30. The van der Waals surface area contributed by atoms with Crippen LogP contribution in [0.4, 0.5) is 4.39 Å². The summed E-state index contributed by atoms with van der Waals surface area (Å²) in [6.07, 6.45) is 7.16. The number of aromatic nitrogens is 1. The average Bonchev–Trinajstić information content (AvgIpc) is 3.65. The summed E-state index contributed by atoms with van der Waals surface area (Å²) in [6, 6.07) is 5.46. The Morgan fingerprint density at radius 2 is 2.09 bits per heavy atom. The number of ether oxygens (including phenoxy) is 3. The fourth-order valence-corrected chi connectivity index (χ4v) is 5.32. The Morgan fingerprint density at radius 1 is 1.25 bits per heavy atom. The Labute approximate surface area is 186 Å². The van der Waals surface area contributed by atoms with Gasteiger partial charge in [-0.1, -0.05) is 0 Å². The van der Waals surface area contributed by atoms with Gasteiger partial charge in [-0.05, 0) is 55.9 Å². The zero-order chi connectivity index (χ0) is 22.0. The van der Waals surface area contributed by atoms with Crippen LogP contribution >= 0.6 is 0 Å². The molecule has 2 aromatic rings. The van der Waals surface area contributed by atoms with Gasteiger partial charge in [0.05, 0.1) is 18.7 Å². The summed E-state index contributed by atoms with van der Waals surface area (Å²) in [7, 11) is 1.69. The number of aliphatic imine (C=N–C) groups is 1. The molecule has 0 amide bonds. The molecule has 1 aliphatic heterocycles. The Bertz CT molecular complexity index is 1180. The first-order chi connectivity index (χ1) is 15.5. The van der Waals surface area contributed by atoms with Crippen LogP contribution in [-0.4, -0.2) is 36.5 Å². The van der Waals surface area contributed by atoms with E-state index >= 15 is 4.39 Å². The summed E-state index contributed by atoms with van der Waals surface area (Å²) in [5.74, 6) is 3.31. The van der Waals surface area contributed by atoms with Crippen molar-refractivity contribution in [3.63, 3.8) is 0 Å². The topological polar surface area (TPSA) is 81.9 Å². The number of H-pyrrole nitrogens is 1. The van der Waals surface area contributed by atoms with Crippen LogP contribution in [0.25, 0.3) is 10.9 Å². The molecule has 3 aliphatic carbocycles. The van der Waals surface area contributed by atoms with Crippen LogP contribution in [0.1, 0.15) is 31.4 Å².